The van der Waals surface area contributed by atoms with Crippen molar-refractivity contribution in [2.24, 2.45) is 0 Å². The van der Waals surface area contributed by atoms with Gasteiger partial charge in [-0.05, 0) is 172 Å². The normalized spacial score (nSPS) is 20.3. The first-order valence-electron chi connectivity index (χ1n) is 31.8. The Balaban J connectivity index is 0.988. The molecule has 6 aliphatic heterocycles. The minimum absolute atomic E-state index is 0.753. The molecule has 8 heteroatoms. The third-order valence-electron chi connectivity index (χ3n) is 21.7. The fourth-order valence-corrected chi connectivity index (χ4v) is 16.5. The maximum atomic E-state index is 5.98. The summed E-state index contributed by atoms with van der Waals surface area (Å²) in [4.78, 5) is 20.2. The largest absolute Gasteiger partial charge is 0.354 e. The summed E-state index contributed by atoms with van der Waals surface area (Å²) in [5.74, 6) is 0. The fraction of sp³-hybridized carbons (Fsp3) is 0.175. The van der Waals surface area contributed by atoms with Gasteiger partial charge in [-0.2, -0.15) is 0 Å². The molecule has 9 heterocycles. The molecule has 2 N–H and O–H groups in total. The summed E-state index contributed by atoms with van der Waals surface area (Å²) in [5.41, 5.74) is 37.8. The zero-order valence-corrected chi connectivity index (χ0v) is 51.6. The van der Waals surface area contributed by atoms with Crippen LogP contribution in [0.2, 0.25) is 0 Å². The van der Waals surface area contributed by atoms with E-state index in [1.807, 2.05) is 0 Å². The van der Waals surface area contributed by atoms with E-state index in [0.717, 1.165) is 146 Å². The molecule has 17 rings (SSSR count). The highest BCUT2D eigenvalue weighted by atomic mass is 15.4. The number of para-hydroxylation sites is 4. The molecule has 0 saturated carbocycles. The molecule has 8 nitrogen and oxygen atoms in total. The number of hydrogen-bond donors (Lipinski definition) is 2. The Morgan fingerprint density at radius 1 is 0.295 bits per heavy atom. The van der Waals surface area contributed by atoms with Gasteiger partial charge >= 0.3 is 0 Å². The summed E-state index contributed by atoms with van der Waals surface area (Å²) >= 11 is 0. The molecule has 0 saturated heterocycles. The molecule has 4 unspecified atom stereocenters. The van der Waals surface area contributed by atoms with Gasteiger partial charge in [-0.25, -0.2) is 4.98 Å². The van der Waals surface area contributed by atoms with Gasteiger partial charge in [0.05, 0.1) is 77.1 Å². The third kappa shape index (κ3) is 7.17. The topological polar surface area (TPSA) is 57.4 Å². The molecule has 0 fully saturated rings. The van der Waals surface area contributed by atoms with Crippen LogP contribution in [0.3, 0.4) is 0 Å². The lowest BCUT2D eigenvalue weighted by molar-refractivity contribution is 0.493. The van der Waals surface area contributed by atoms with Gasteiger partial charge in [0, 0.05) is 137 Å². The number of hydrogen-bond acceptors (Lipinski definition) is 2. The molecule has 0 amide bonds. The lowest BCUT2D eigenvalue weighted by Crippen LogP contribution is -2.37. The Bertz CT molecular complexity index is 4760. The Labute approximate surface area is 515 Å². The van der Waals surface area contributed by atoms with E-state index in [-0.39, 0.29) is 0 Å². The Kier molecular flexibility index (Phi) is 11.4. The molecule has 88 heavy (non-hydrogen) atoms. The van der Waals surface area contributed by atoms with Crippen LogP contribution in [0.25, 0.3) is 123 Å². The van der Waals surface area contributed by atoms with Gasteiger partial charge in [0.15, 0.2) is 0 Å². The molecule has 0 aliphatic carbocycles. The highest BCUT2D eigenvalue weighted by Crippen LogP contribution is 2.58. The van der Waals surface area contributed by atoms with Crippen molar-refractivity contribution in [3.63, 3.8) is 0 Å². The van der Waals surface area contributed by atoms with Crippen LogP contribution in [0.1, 0.15) is 50.5 Å². The van der Waals surface area contributed by atoms with Gasteiger partial charge in [-0.3, -0.25) is 22.9 Å². The first kappa shape index (κ1) is 52.8. The Morgan fingerprint density at radius 2 is 0.557 bits per heavy atom. The van der Waals surface area contributed by atoms with E-state index in [1.54, 1.807) is 0 Å². The minimum atomic E-state index is 0.753. The molecule has 8 aromatic carbocycles. The van der Waals surface area contributed by atoms with Gasteiger partial charge in [0.1, 0.15) is 45.5 Å². The van der Waals surface area contributed by atoms with E-state index in [4.69, 9.17) is 9.97 Å². The molecule has 3 aromatic heterocycles. The van der Waals surface area contributed by atoms with Gasteiger partial charge in [0.25, 0.3) is 0 Å². The van der Waals surface area contributed by atoms with Crippen molar-refractivity contribution in [3.05, 3.63) is 217 Å². The van der Waals surface area contributed by atoms with Gasteiger partial charge in [-0.15, -0.1) is 0 Å². The van der Waals surface area contributed by atoms with Crippen molar-refractivity contribution in [2.75, 3.05) is 54.4 Å². The average molecular weight is 1150 g/mol. The lowest BCUT2D eigenvalue weighted by atomic mass is 9.96. The maximum Gasteiger partial charge on any atom is 0.145 e. The van der Waals surface area contributed by atoms with Gasteiger partial charge in [-0.1, -0.05) is 48.5 Å². The minimum Gasteiger partial charge on any atom is -0.354 e. The van der Waals surface area contributed by atoms with E-state index < -0.39 is 0 Å². The van der Waals surface area contributed by atoms with Crippen molar-refractivity contribution in [1.82, 2.24) is 37.9 Å². The number of nitrogens with one attached hydrogen (secondary N) is 2. The number of H-pyrrole nitrogens is 2. The summed E-state index contributed by atoms with van der Waals surface area (Å²) in [7, 11) is 9.43. The Morgan fingerprint density at radius 3 is 0.852 bits per heavy atom. The summed E-state index contributed by atoms with van der Waals surface area (Å²) in [6.07, 6.45) is 6.06. The SMILES string of the molecule is CC[N+]1(C)c2ccccc2-c2cc(-c3c4nc(c(-c5ccc6c(c5)-c5ccccc5[N+]6(C)CC)c5ccc([nH]5)c(-c5ccc6c(c5)-c5ccccc5[N+]6(C)CC)c5nc(c(-c6ccc7c(c6)-c6ccccc6[N+]7(C)CC)c6ccc3[nH]6)CC5)C=C4)ccc21. The predicted octanol–water partition coefficient (Wildman–Crippen LogP) is 20.0. The van der Waals surface area contributed by atoms with E-state index >= 15 is 0 Å². The maximum absolute atomic E-state index is 5.98. The smallest absolute Gasteiger partial charge is 0.145 e. The molecule has 0 radical (unpaired) electrons. The second-order valence-electron chi connectivity index (χ2n) is 25.8. The van der Waals surface area contributed by atoms with Crippen molar-refractivity contribution >= 4 is 79.7 Å². The summed E-state index contributed by atoms with van der Waals surface area (Å²) in [5, 5.41) is 0. The van der Waals surface area contributed by atoms with E-state index in [0.29, 0.717) is 0 Å². The number of aromatic amines is 2. The first-order chi connectivity index (χ1) is 42.9. The zero-order valence-electron chi connectivity index (χ0n) is 51.6. The highest BCUT2D eigenvalue weighted by Gasteiger charge is 2.43. The molecule has 4 atom stereocenters. The quantitative estimate of drug-likeness (QED) is 0.149. The van der Waals surface area contributed by atoms with Crippen molar-refractivity contribution in [3.8, 4) is 89.0 Å². The number of quaternary nitrogens is 4. The fourth-order valence-electron chi connectivity index (χ4n) is 16.5. The Hall–Kier alpha value is -9.54. The number of fused-ring (bicyclic) bond motifs is 20. The highest BCUT2D eigenvalue weighted by molar-refractivity contribution is 6.05. The van der Waals surface area contributed by atoms with Crippen LogP contribution in [0, 0.1) is 0 Å². The molecular formula is C80H72N8+4. The summed E-state index contributed by atoms with van der Waals surface area (Å²) in [6, 6.07) is 73.9. The molecule has 11 aromatic rings. The van der Waals surface area contributed by atoms with E-state index in [9.17, 15) is 0 Å². The molecule has 8 bridgehead atoms. The number of rotatable bonds is 8. The zero-order chi connectivity index (χ0) is 59.6. The first-order valence-corrected chi connectivity index (χ1v) is 31.8. The van der Waals surface area contributed by atoms with Crippen LogP contribution in [-0.2, 0) is 12.8 Å². The number of aromatic nitrogens is 4. The van der Waals surface area contributed by atoms with E-state index in [2.05, 4.69) is 272 Å². The van der Waals surface area contributed by atoms with E-state index in [1.165, 1.54) is 90.0 Å². The molecule has 428 valence electrons. The second-order valence-corrected chi connectivity index (χ2v) is 25.8. The van der Waals surface area contributed by atoms with Crippen LogP contribution in [0.5, 0.6) is 0 Å². The van der Waals surface area contributed by atoms with Gasteiger partial charge < -0.3 is 9.97 Å². The summed E-state index contributed by atoms with van der Waals surface area (Å²) in [6.45, 7) is 13.0. The standard InChI is InChI=1S/C80H72N8/c1-9-85(5)69-25-17-13-21-53(69)57-45-49(29-41-73(57)85)77-61-33-35-63(81-61)78(50-30-42-74-58(46-50)54-22-14-18-26-70(54)86(74,6)10-2)65-37-39-67(83-65)80(52-32-44-76-60(48-52)56-24-16-20-28-72(56)88(76,8)12-4)68-40-38-66(84-68)79(64-36-34-62(77)82-64)51-31-43-75-59(47-51)55-23-15-19-27-71(55)87(75,7)11-3/h13-37,39,41-48,82-83H,9-12,38,40H2,1-8H3/q+4. The molecule has 0 spiro atoms. The number of nitrogens with zero attached hydrogens (tertiary/aromatic N) is 6. The van der Waals surface area contributed by atoms with Crippen LogP contribution >= 0.6 is 0 Å². The molecule has 6 aliphatic rings. The van der Waals surface area contributed by atoms with Crippen molar-refractivity contribution in [2.45, 2.75) is 40.5 Å². The lowest BCUT2D eigenvalue weighted by Gasteiger charge is -2.29. The summed E-state index contributed by atoms with van der Waals surface area (Å²) < 4.78 is 3.03. The third-order valence-corrected chi connectivity index (χ3v) is 21.7. The van der Waals surface area contributed by atoms with Crippen LogP contribution in [-0.4, -0.2) is 74.3 Å². The number of benzene rings is 8. The monoisotopic (exact) mass is 1140 g/mol. The second kappa shape index (κ2) is 19.0. The van der Waals surface area contributed by atoms with Crippen molar-refractivity contribution in [1.29, 1.82) is 0 Å². The number of aryl methyl sites for hydroxylation is 2. The van der Waals surface area contributed by atoms with Crippen LogP contribution in [0.15, 0.2) is 194 Å². The van der Waals surface area contributed by atoms with Crippen LogP contribution < -0.4 is 17.9 Å². The molecular weight excluding hydrogens is 1070 g/mol. The van der Waals surface area contributed by atoms with Crippen molar-refractivity contribution < 1.29 is 0 Å². The predicted molar refractivity (Wildman–Crippen MR) is 373 cm³/mol. The van der Waals surface area contributed by atoms with Crippen LogP contribution in [0.4, 0.5) is 45.5 Å². The average Bonchev–Trinajstić information content (AvgIpc) is 3.14. The van der Waals surface area contributed by atoms with Gasteiger partial charge in [0.2, 0.25) is 0 Å².